The largest absolute Gasteiger partial charge is 0.489 e. The highest BCUT2D eigenvalue weighted by atomic mass is 19.3. The summed E-state index contributed by atoms with van der Waals surface area (Å²) in [4.78, 5) is 29.9. The van der Waals surface area contributed by atoms with Crippen molar-refractivity contribution in [1.82, 2.24) is 10.3 Å². The van der Waals surface area contributed by atoms with E-state index in [1.54, 1.807) is 34.6 Å². The molecule has 0 bridgehead atoms. The lowest BCUT2D eigenvalue weighted by Gasteiger charge is -2.35. The number of hydrogen-bond donors (Lipinski definition) is 2. The van der Waals surface area contributed by atoms with Crippen molar-refractivity contribution in [2.24, 2.45) is 11.3 Å². The summed E-state index contributed by atoms with van der Waals surface area (Å²) in [6.07, 6.45) is 3.12. The zero-order chi connectivity index (χ0) is 32.2. The first-order valence-corrected chi connectivity index (χ1v) is 14.3. The van der Waals surface area contributed by atoms with Crippen molar-refractivity contribution in [2.45, 2.75) is 78.2 Å². The molecule has 13 heteroatoms. The molecule has 1 amide bonds. The Balaban J connectivity index is 1.77. The van der Waals surface area contributed by atoms with Crippen molar-refractivity contribution in [2.75, 3.05) is 13.2 Å². The summed E-state index contributed by atoms with van der Waals surface area (Å²) in [5.74, 6) is -1.86. The fourth-order valence-electron chi connectivity index (χ4n) is 4.76. The Kier molecular flexibility index (Phi) is 9.97. The molecule has 0 saturated heterocycles. The summed E-state index contributed by atoms with van der Waals surface area (Å²) in [6, 6.07) is 3.29. The van der Waals surface area contributed by atoms with E-state index in [9.17, 15) is 27.9 Å². The lowest BCUT2D eigenvalue weighted by atomic mass is 9.74. The lowest BCUT2D eigenvalue weighted by molar-refractivity contribution is -0.154. The van der Waals surface area contributed by atoms with E-state index < -0.39 is 47.7 Å². The van der Waals surface area contributed by atoms with Crippen LogP contribution in [-0.2, 0) is 20.7 Å². The number of amides is 1. The van der Waals surface area contributed by atoms with E-state index in [2.05, 4.69) is 15.0 Å². The number of carboxylic acid groups (broad SMARTS) is 1. The minimum Gasteiger partial charge on any atom is -0.489 e. The molecule has 3 atom stereocenters. The number of alkyl halides is 2. The average Bonchev–Trinajstić information content (AvgIpc) is 3.66. The SMILES string of the molecule is CCOC1C(F)=CC=C[C@]1(Cc1nc(-c2ccc(OC(F)F)c(OCC3CC3)c2)oc1C(C)NC(=O)OC(C)(C)C)C(=O)O. The number of rotatable bonds is 13. The van der Waals surface area contributed by atoms with Crippen LogP contribution in [0.1, 0.15) is 65.0 Å². The van der Waals surface area contributed by atoms with Gasteiger partial charge in [0.25, 0.3) is 0 Å². The number of benzene rings is 1. The Morgan fingerprint density at radius 1 is 1.23 bits per heavy atom. The first-order chi connectivity index (χ1) is 20.7. The molecule has 1 fully saturated rings. The minimum absolute atomic E-state index is 0.0167. The molecule has 1 saturated carbocycles. The molecular weight excluding hydrogens is 585 g/mol. The summed E-state index contributed by atoms with van der Waals surface area (Å²) in [5.41, 5.74) is -2.29. The molecule has 4 rings (SSSR count). The molecule has 2 aliphatic rings. The number of nitrogens with one attached hydrogen (secondary N) is 1. The number of allylic oxidation sites excluding steroid dienone is 2. The molecule has 44 heavy (non-hydrogen) atoms. The molecule has 0 aliphatic heterocycles. The van der Waals surface area contributed by atoms with E-state index in [-0.39, 0.29) is 41.9 Å². The van der Waals surface area contributed by atoms with Gasteiger partial charge in [-0.05, 0) is 77.7 Å². The van der Waals surface area contributed by atoms with Crippen LogP contribution in [0.3, 0.4) is 0 Å². The summed E-state index contributed by atoms with van der Waals surface area (Å²) in [7, 11) is 0. The molecule has 240 valence electrons. The van der Waals surface area contributed by atoms with Gasteiger partial charge in [-0.25, -0.2) is 14.2 Å². The smallest absolute Gasteiger partial charge is 0.408 e. The van der Waals surface area contributed by atoms with Crippen LogP contribution >= 0.6 is 0 Å². The predicted molar refractivity (Wildman–Crippen MR) is 152 cm³/mol. The van der Waals surface area contributed by atoms with Crippen LogP contribution in [0.4, 0.5) is 18.0 Å². The standard InChI is InChI=1S/C31H37F3N2O8/c1-6-40-25-20(32)8-7-13-31(25,27(37)38)15-21-24(17(2)35-29(39)44-30(3,4)5)43-26(36-21)19-11-12-22(42-28(33)34)23(14-19)41-16-18-9-10-18/h7-8,11-14,17-18,25,28H,6,9-10,15-16H2,1-5H3,(H,35,39)(H,37,38)/t17?,25?,31-/m1/s1. The Bertz CT molecular complexity index is 1410. The van der Waals surface area contributed by atoms with Crippen molar-refractivity contribution < 1.29 is 51.2 Å². The molecule has 1 aromatic heterocycles. The molecule has 10 nitrogen and oxygen atoms in total. The predicted octanol–water partition coefficient (Wildman–Crippen LogP) is 6.76. The molecule has 0 spiro atoms. The topological polar surface area (TPSA) is 129 Å². The number of carbonyl (C=O) groups is 2. The van der Waals surface area contributed by atoms with Crippen LogP contribution in [0.15, 0.2) is 46.7 Å². The van der Waals surface area contributed by atoms with E-state index in [0.717, 1.165) is 18.9 Å². The monoisotopic (exact) mass is 622 g/mol. The van der Waals surface area contributed by atoms with Gasteiger partial charge in [0.2, 0.25) is 5.89 Å². The van der Waals surface area contributed by atoms with Crippen molar-refractivity contribution in [3.63, 3.8) is 0 Å². The molecule has 2 unspecified atom stereocenters. The van der Waals surface area contributed by atoms with E-state index in [0.29, 0.717) is 18.1 Å². The minimum atomic E-state index is -3.08. The maximum atomic E-state index is 15.0. The number of carboxylic acids is 1. The van der Waals surface area contributed by atoms with Gasteiger partial charge >= 0.3 is 18.7 Å². The van der Waals surface area contributed by atoms with Crippen LogP contribution in [0.25, 0.3) is 11.5 Å². The fraction of sp³-hybridized carbons (Fsp3) is 0.516. The van der Waals surface area contributed by atoms with Crippen LogP contribution in [0.2, 0.25) is 0 Å². The van der Waals surface area contributed by atoms with Crippen LogP contribution < -0.4 is 14.8 Å². The van der Waals surface area contributed by atoms with Gasteiger partial charge in [0.1, 0.15) is 28.7 Å². The Morgan fingerprint density at radius 3 is 2.57 bits per heavy atom. The summed E-state index contributed by atoms with van der Waals surface area (Å²) in [5, 5.41) is 13.0. The van der Waals surface area contributed by atoms with E-state index >= 15 is 0 Å². The van der Waals surface area contributed by atoms with Gasteiger partial charge < -0.3 is 33.8 Å². The van der Waals surface area contributed by atoms with Gasteiger partial charge in [0.05, 0.1) is 18.3 Å². The highest BCUT2D eigenvalue weighted by Crippen LogP contribution is 2.42. The van der Waals surface area contributed by atoms with Gasteiger partial charge in [-0.15, -0.1) is 0 Å². The molecule has 2 aliphatic carbocycles. The highest BCUT2D eigenvalue weighted by molar-refractivity contribution is 5.80. The third kappa shape index (κ3) is 7.93. The third-order valence-corrected chi connectivity index (χ3v) is 6.99. The summed E-state index contributed by atoms with van der Waals surface area (Å²) in [6.45, 7) is 5.57. The number of halogens is 3. The summed E-state index contributed by atoms with van der Waals surface area (Å²) >= 11 is 0. The van der Waals surface area contributed by atoms with Crippen molar-refractivity contribution in [3.05, 3.63) is 53.7 Å². The average molecular weight is 623 g/mol. The zero-order valence-electron chi connectivity index (χ0n) is 25.2. The van der Waals surface area contributed by atoms with Crippen LogP contribution in [-0.4, -0.2) is 53.7 Å². The number of carbonyl (C=O) groups excluding carboxylic acids is 1. The maximum Gasteiger partial charge on any atom is 0.408 e. The first kappa shape index (κ1) is 32.9. The third-order valence-electron chi connectivity index (χ3n) is 6.99. The first-order valence-electron chi connectivity index (χ1n) is 14.3. The number of oxazole rings is 1. The van der Waals surface area contributed by atoms with E-state index in [4.69, 9.17) is 18.6 Å². The Hall–Kier alpha value is -4.00. The molecule has 2 N–H and O–H groups in total. The number of ether oxygens (including phenoxy) is 4. The van der Waals surface area contributed by atoms with Gasteiger partial charge in [-0.3, -0.25) is 4.79 Å². The maximum absolute atomic E-state index is 15.0. The number of aromatic nitrogens is 1. The van der Waals surface area contributed by atoms with Crippen molar-refractivity contribution in [3.8, 4) is 23.0 Å². The lowest BCUT2D eigenvalue weighted by Crippen LogP contribution is -2.46. The molecule has 0 radical (unpaired) electrons. The number of alkyl carbamates (subject to hydrolysis) is 1. The second-order valence-corrected chi connectivity index (χ2v) is 11.8. The second-order valence-electron chi connectivity index (χ2n) is 11.8. The quantitative estimate of drug-likeness (QED) is 0.249. The zero-order valence-corrected chi connectivity index (χ0v) is 25.2. The van der Waals surface area contributed by atoms with Crippen LogP contribution in [0.5, 0.6) is 11.5 Å². The van der Waals surface area contributed by atoms with Crippen molar-refractivity contribution >= 4 is 12.1 Å². The van der Waals surface area contributed by atoms with Crippen molar-refractivity contribution in [1.29, 1.82) is 0 Å². The fourth-order valence-corrected chi connectivity index (χ4v) is 4.76. The molecule has 1 aromatic carbocycles. The Morgan fingerprint density at radius 2 is 1.95 bits per heavy atom. The van der Waals surface area contributed by atoms with E-state index in [1.165, 1.54) is 30.4 Å². The van der Waals surface area contributed by atoms with Gasteiger partial charge in [-0.2, -0.15) is 8.78 Å². The van der Waals surface area contributed by atoms with Crippen LogP contribution in [0, 0.1) is 11.3 Å². The molecule has 1 heterocycles. The van der Waals surface area contributed by atoms with Gasteiger partial charge in [0, 0.05) is 18.6 Å². The molecular formula is C31H37F3N2O8. The number of nitrogens with zero attached hydrogens (tertiary/aromatic N) is 1. The van der Waals surface area contributed by atoms with E-state index in [1.807, 2.05) is 0 Å². The summed E-state index contributed by atoms with van der Waals surface area (Å²) < 4.78 is 68.6. The Labute approximate surface area is 253 Å². The second kappa shape index (κ2) is 13.3. The highest BCUT2D eigenvalue weighted by Gasteiger charge is 2.50. The molecule has 2 aromatic rings. The number of hydrogen-bond acceptors (Lipinski definition) is 8. The number of aliphatic carboxylic acids is 1. The van der Waals surface area contributed by atoms with Gasteiger partial charge in [-0.1, -0.05) is 12.2 Å². The normalized spacial score (nSPS) is 20.7. The van der Waals surface area contributed by atoms with Gasteiger partial charge in [0.15, 0.2) is 11.5 Å².